The van der Waals surface area contributed by atoms with E-state index in [1.807, 2.05) is 47.5 Å². The topological polar surface area (TPSA) is 155 Å². The van der Waals surface area contributed by atoms with Gasteiger partial charge in [-0.1, -0.05) is 30.3 Å². The van der Waals surface area contributed by atoms with Crippen LogP contribution >= 0.6 is 11.3 Å². The fourth-order valence-electron chi connectivity index (χ4n) is 5.70. The number of thiazole rings is 1. The quantitative estimate of drug-likeness (QED) is 0.292. The maximum atomic E-state index is 14.0. The molecule has 0 radical (unpaired) electrons. The molecule has 3 amide bonds. The van der Waals surface area contributed by atoms with Gasteiger partial charge in [0.25, 0.3) is 11.8 Å². The highest BCUT2D eigenvalue weighted by atomic mass is 32.1. The van der Waals surface area contributed by atoms with E-state index in [1.54, 1.807) is 35.3 Å². The number of carboxylic acid groups (broad SMARTS) is 1. The van der Waals surface area contributed by atoms with Crippen molar-refractivity contribution in [2.24, 2.45) is 0 Å². The van der Waals surface area contributed by atoms with E-state index in [0.29, 0.717) is 37.3 Å². The maximum Gasteiger partial charge on any atom is 0.405 e. The van der Waals surface area contributed by atoms with Gasteiger partial charge in [0.05, 0.1) is 6.04 Å². The second-order valence-electron chi connectivity index (χ2n) is 11.1. The highest BCUT2D eigenvalue weighted by molar-refractivity contribution is 7.09. The van der Waals surface area contributed by atoms with Crippen LogP contribution in [0.5, 0.6) is 0 Å². The van der Waals surface area contributed by atoms with Gasteiger partial charge in [-0.2, -0.15) is 0 Å². The van der Waals surface area contributed by atoms with Crippen LogP contribution in [0.2, 0.25) is 0 Å². The van der Waals surface area contributed by atoms with E-state index < -0.39 is 11.6 Å². The Kier molecular flexibility index (Phi) is 7.65. The summed E-state index contributed by atoms with van der Waals surface area (Å²) in [6.07, 6.45) is 1.78. The number of benzene rings is 1. The van der Waals surface area contributed by atoms with Crippen molar-refractivity contribution in [3.8, 4) is 11.6 Å². The summed E-state index contributed by atoms with van der Waals surface area (Å²) in [4.78, 5) is 51.1. The number of carbonyl (C=O) groups excluding carboxylic acids is 2. The van der Waals surface area contributed by atoms with Crippen LogP contribution in [-0.4, -0.2) is 61.2 Å². The van der Waals surface area contributed by atoms with Crippen molar-refractivity contribution < 1.29 is 23.9 Å². The first-order chi connectivity index (χ1) is 20.7. The molecule has 0 aliphatic carbocycles. The summed E-state index contributed by atoms with van der Waals surface area (Å²) in [5.74, 6) is 0.114. The summed E-state index contributed by atoms with van der Waals surface area (Å²) in [6.45, 7) is 4.67. The van der Waals surface area contributed by atoms with Gasteiger partial charge in [0, 0.05) is 42.6 Å². The first-order valence-corrected chi connectivity index (χ1v) is 15.0. The molecule has 2 aliphatic rings. The van der Waals surface area contributed by atoms with Gasteiger partial charge < -0.3 is 19.7 Å². The van der Waals surface area contributed by atoms with Gasteiger partial charge in [-0.15, -0.1) is 21.5 Å². The van der Waals surface area contributed by atoms with Crippen LogP contribution in [0.4, 0.5) is 10.6 Å². The predicted octanol–water partition coefficient (Wildman–Crippen LogP) is 4.73. The zero-order valence-corrected chi connectivity index (χ0v) is 24.6. The van der Waals surface area contributed by atoms with Crippen molar-refractivity contribution >= 4 is 35.1 Å². The predicted molar refractivity (Wildman–Crippen MR) is 158 cm³/mol. The molecule has 2 fully saturated rings. The zero-order valence-electron chi connectivity index (χ0n) is 23.8. The fraction of sp³-hybridized carbons (Fsp3) is 0.367. The summed E-state index contributed by atoms with van der Waals surface area (Å²) in [6, 6.07) is 12.5. The Morgan fingerprint density at radius 2 is 1.95 bits per heavy atom. The summed E-state index contributed by atoms with van der Waals surface area (Å²) in [7, 11) is 0. The Morgan fingerprint density at radius 3 is 2.65 bits per heavy atom. The Labute approximate surface area is 251 Å². The number of anilines is 1. The minimum atomic E-state index is -1.24. The van der Waals surface area contributed by atoms with Crippen LogP contribution in [0.25, 0.3) is 11.6 Å². The van der Waals surface area contributed by atoms with Crippen LogP contribution in [-0.2, 0) is 16.8 Å². The van der Waals surface area contributed by atoms with Crippen molar-refractivity contribution in [3.05, 3.63) is 75.6 Å². The van der Waals surface area contributed by atoms with E-state index in [0.717, 1.165) is 29.1 Å². The molecule has 6 rings (SSSR count). The molecule has 2 aliphatic heterocycles. The second-order valence-corrected chi connectivity index (χ2v) is 12.0. The molecule has 0 saturated carbocycles. The lowest BCUT2D eigenvalue weighted by Gasteiger charge is -2.25. The lowest BCUT2D eigenvalue weighted by atomic mass is 9.93. The molecular formula is C30H31N7O5S. The van der Waals surface area contributed by atoms with Gasteiger partial charge in [-0.25, -0.2) is 14.8 Å². The van der Waals surface area contributed by atoms with E-state index in [2.05, 4.69) is 25.5 Å². The molecule has 12 nitrogen and oxygen atoms in total. The first-order valence-electron chi connectivity index (χ1n) is 14.1. The molecule has 13 heteroatoms. The maximum absolute atomic E-state index is 14.0. The van der Waals surface area contributed by atoms with Crippen molar-refractivity contribution in [1.82, 2.24) is 30.4 Å². The van der Waals surface area contributed by atoms with Gasteiger partial charge in [-0.05, 0) is 50.8 Å². The van der Waals surface area contributed by atoms with E-state index in [9.17, 15) is 19.5 Å². The third-order valence-electron chi connectivity index (χ3n) is 7.74. The van der Waals surface area contributed by atoms with E-state index in [-0.39, 0.29) is 41.8 Å². The van der Waals surface area contributed by atoms with E-state index >= 15 is 0 Å². The van der Waals surface area contributed by atoms with Crippen molar-refractivity contribution in [1.29, 1.82) is 0 Å². The second kappa shape index (κ2) is 11.6. The number of nitrogens with zero attached hydrogens (tertiary/aromatic N) is 6. The minimum Gasteiger partial charge on any atom is -0.465 e. The lowest BCUT2D eigenvalue weighted by Crippen LogP contribution is -2.44. The average molecular weight is 602 g/mol. The number of aryl methyl sites for hydroxylation is 1. The van der Waals surface area contributed by atoms with Crippen LogP contribution in [0.3, 0.4) is 0 Å². The van der Waals surface area contributed by atoms with Gasteiger partial charge in [0.1, 0.15) is 22.1 Å². The third kappa shape index (κ3) is 5.85. The lowest BCUT2D eigenvalue weighted by molar-refractivity contribution is -0.117. The number of aromatic nitrogens is 4. The van der Waals surface area contributed by atoms with Crippen LogP contribution < -0.4 is 10.2 Å². The van der Waals surface area contributed by atoms with Gasteiger partial charge in [-0.3, -0.25) is 14.5 Å². The fourth-order valence-corrected chi connectivity index (χ4v) is 6.64. The molecule has 43 heavy (non-hydrogen) atoms. The molecule has 2 N–H and O–H groups in total. The number of nitrogens with one attached hydrogen (secondary N) is 1. The molecule has 0 bridgehead atoms. The standard InChI is InChI=1S/C30H31N7O5S/c1-18-17-43-26(31-18)22-10-6-12-36(22)27(39)20-14-21(32-23(15-20)37-13-7-11-24(37)38)25-34-35-28(42-25)30(2,33-29(40)41)16-19-8-4-3-5-9-19/h3-5,8-9,14-15,17,22,33H,6-7,10-13,16H2,1-2H3,(H,40,41)/t22-,30-/m1/s1. The number of carbonyl (C=O) groups is 3. The van der Waals surface area contributed by atoms with E-state index in [4.69, 9.17) is 4.42 Å². The summed E-state index contributed by atoms with van der Waals surface area (Å²) >= 11 is 1.55. The molecule has 5 heterocycles. The summed E-state index contributed by atoms with van der Waals surface area (Å²) in [5.41, 5.74) is 1.11. The Balaban J connectivity index is 1.37. The molecule has 0 spiro atoms. The Morgan fingerprint density at radius 1 is 1.14 bits per heavy atom. The number of rotatable bonds is 8. The molecule has 2 atom stereocenters. The van der Waals surface area contributed by atoms with Crippen molar-refractivity contribution in [3.63, 3.8) is 0 Å². The Hall–Kier alpha value is -4.65. The number of hydrogen-bond donors (Lipinski definition) is 2. The van der Waals surface area contributed by atoms with Gasteiger partial charge in [0.15, 0.2) is 0 Å². The molecule has 222 valence electrons. The van der Waals surface area contributed by atoms with Crippen LogP contribution in [0.1, 0.15) is 71.2 Å². The largest absolute Gasteiger partial charge is 0.465 e. The summed E-state index contributed by atoms with van der Waals surface area (Å²) < 4.78 is 6.06. The molecular weight excluding hydrogens is 570 g/mol. The van der Waals surface area contributed by atoms with Gasteiger partial charge >= 0.3 is 6.09 Å². The van der Waals surface area contributed by atoms with E-state index in [1.165, 1.54) is 0 Å². The first kappa shape index (κ1) is 28.5. The normalized spacial score (nSPS) is 18.2. The summed E-state index contributed by atoms with van der Waals surface area (Å²) in [5, 5.41) is 23.4. The number of likely N-dealkylation sites (tertiary alicyclic amines) is 1. The number of hydrogen-bond acceptors (Lipinski definition) is 9. The SMILES string of the molecule is Cc1csc([C@H]2CCCN2C(=O)c2cc(-c3nnc([C@@](C)(Cc4ccccc4)NC(=O)O)o3)nc(N3CCCC3=O)c2)n1. The van der Waals surface area contributed by atoms with Crippen molar-refractivity contribution in [2.45, 2.75) is 57.5 Å². The zero-order chi connectivity index (χ0) is 30.1. The van der Waals surface area contributed by atoms with Crippen molar-refractivity contribution in [2.75, 3.05) is 18.0 Å². The smallest absolute Gasteiger partial charge is 0.405 e. The van der Waals surface area contributed by atoms with Crippen LogP contribution in [0, 0.1) is 6.92 Å². The van der Waals surface area contributed by atoms with Crippen LogP contribution in [0.15, 0.2) is 52.3 Å². The van der Waals surface area contributed by atoms with Gasteiger partial charge in [0.2, 0.25) is 11.8 Å². The monoisotopic (exact) mass is 601 g/mol. The molecule has 0 unspecified atom stereocenters. The molecule has 2 saturated heterocycles. The highest BCUT2D eigenvalue weighted by Gasteiger charge is 2.37. The average Bonchev–Trinajstić information content (AvgIpc) is 3.80. The highest BCUT2D eigenvalue weighted by Crippen LogP contribution is 2.36. The minimum absolute atomic E-state index is 0.0116. The number of pyridine rings is 1. The molecule has 1 aromatic carbocycles. The third-order valence-corrected chi connectivity index (χ3v) is 8.81. The molecule has 3 aromatic heterocycles. The number of amides is 3. The Bertz CT molecular complexity index is 1670. The molecule has 4 aromatic rings.